The third-order valence-electron chi connectivity index (χ3n) is 6.91. The van der Waals surface area contributed by atoms with Crippen LogP contribution in [0, 0.1) is 5.92 Å². The summed E-state index contributed by atoms with van der Waals surface area (Å²) in [6.45, 7) is 2.81. The number of aliphatic hydroxyl groups is 2. The van der Waals surface area contributed by atoms with Gasteiger partial charge < -0.3 is 20.1 Å². The summed E-state index contributed by atoms with van der Waals surface area (Å²) in [6, 6.07) is 3.54. The largest absolute Gasteiger partial charge is 0.504 e. The molecule has 5 heteroatoms. The first kappa shape index (κ1) is 15.6. The smallest absolute Gasteiger partial charge is 0.166 e. The van der Waals surface area contributed by atoms with E-state index < -0.39 is 23.2 Å². The van der Waals surface area contributed by atoms with E-state index in [1.165, 1.54) is 19.3 Å². The van der Waals surface area contributed by atoms with Crippen LogP contribution in [0.5, 0.6) is 11.5 Å². The van der Waals surface area contributed by atoms with E-state index in [9.17, 15) is 15.3 Å². The molecule has 3 saturated carbocycles. The maximum atomic E-state index is 11.4. The first-order chi connectivity index (χ1) is 12.0. The van der Waals surface area contributed by atoms with Gasteiger partial charge in [0.25, 0.3) is 0 Å². The Bertz CT molecular complexity index is 771. The second-order valence-corrected chi connectivity index (χ2v) is 8.10. The molecule has 0 saturated heterocycles. The van der Waals surface area contributed by atoms with E-state index in [0.717, 1.165) is 29.8 Å². The molecular weight excluding hydrogens is 318 g/mol. The van der Waals surface area contributed by atoms with Crippen LogP contribution >= 0.6 is 0 Å². The number of aryl methyl sites for hydroxylation is 1. The maximum absolute atomic E-state index is 11.4. The minimum Gasteiger partial charge on any atom is -0.504 e. The molecule has 0 radical (unpaired) electrons. The van der Waals surface area contributed by atoms with Crippen LogP contribution in [-0.2, 0) is 11.8 Å². The fourth-order valence-electron chi connectivity index (χ4n) is 5.30. The summed E-state index contributed by atoms with van der Waals surface area (Å²) in [5.41, 5.74) is 0.870. The van der Waals surface area contributed by atoms with E-state index >= 15 is 0 Å². The van der Waals surface area contributed by atoms with Gasteiger partial charge in [0.2, 0.25) is 0 Å². The lowest BCUT2D eigenvalue weighted by Gasteiger charge is -2.31. The fourth-order valence-corrected chi connectivity index (χ4v) is 5.30. The standard InChI is InChI=1S/C20H25NO4/c1-2-12-6-7-13(22)16-15(12)20-17(25-16)14(23)8-9-19(20,24)18(20)21-10-11-4-3-5-11/h6-7,11,14,17,22-24H,2-5,8-10H2,1H3/b21-18-/t14?,17-,19?,20?/m0/s1. The van der Waals surface area contributed by atoms with Crippen molar-refractivity contribution in [3.8, 4) is 11.5 Å². The lowest BCUT2D eigenvalue weighted by atomic mass is 9.76. The molecule has 4 atom stereocenters. The van der Waals surface area contributed by atoms with Crippen LogP contribution < -0.4 is 4.74 Å². The molecule has 1 aromatic carbocycles. The molecule has 1 aliphatic heterocycles. The zero-order valence-corrected chi connectivity index (χ0v) is 14.5. The van der Waals surface area contributed by atoms with Gasteiger partial charge in [0.05, 0.1) is 11.8 Å². The van der Waals surface area contributed by atoms with Crippen LogP contribution in [0.25, 0.3) is 0 Å². The lowest BCUT2D eigenvalue weighted by Crippen LogP contribution is -2.47. The van der Waals surface area contributed by atoms with E-state index in [2.05, 4.69) is 6.92 Å². The van der Waals surface area contributed by atoms with Gasteiger partial charge in [-0.15, -0.1) is 0 Å². The molecule has 3 aliphatic carbocycles. The van der Waals surface area contributed by atoms with Gasteiger partial charge in [-0.1, -0.05) is 19.4 Å². The molecule has 0 aromatic heterocycles. The number of ether oxygens (including phenoxy) is 1. The minimum absolute atomic E-state index is 0.0794. The summed E-state index contributed by atoms with van der Waals surface area (Å²) in [5, 5.41) is 32.4. The monoisotopic (exact) mass is 343 g/mol. The van der Waals surface area contributed by atoms with Crippen molar-refractivity contribution in [1.82, 2.24) is 0 Å². The molecule has 4 aliphatic rings. The molecule has 5 nitrogen and oxygen atoms in total. The number of fused-ring (bicyclic) bond motifs is 1. The van der Waals surface area contributed by atoms with Crippen LogP contribution in [-0.4, -0.2) is 45.4 Å². The number of aromatic hydroxyl groups is 1. The molecule has 3 unspecified atom stereocenters. The summed E-state index contributed by atoms with van der Waals surface area (Å²) in [4.78, 5) is 4.84. The van der Waals surface area contributed by atoms with E-state index in [4.69, 9.17) is 9.73 Å². The number of phenolic OH excluding ortho intramolecular Hbond substituents is 1. The van der Waals surface area contributed by atoms with Crippen molar-refractivity contribution in [2.75, 3.05) is 6.54 Å². The number of aliphatic imine (C=N–C) groups is 1. The Hall–Kier alpha value is -1.59. The van der Waals surface area contributed by atoms with Gasteiger partial charge in [0, 0.05) is 12.1 Å². The molecule has 1 heterocycles. The first-order valence-electron chi connectivity index (χ1n) is 9.51. The number of hydrogen-bond acceptors (Lipinski definition) is 5. The lowest BCUT2D eigenvalue weighted by molar-refractivity contribution is -0.0404. The predicted molar refractivity (Wildman–Crippen MR) is 93.4 cm³/mol. The van der Waals surface area contributed by atoms with Crippen molar-refractivity contribution in [2.24, 2.45) is 10.9 Å². The van der Waals surface area contributed by atoms with Crippen molar-refractivity contribution in [2.45, 2.75) is 68.7 Å². The fraction of sp³-hybridized carbons (Fsp3) is 0.650. The predicted octanol–water partition coefficient (Wildman–Crippen LogP) is 2.09. The van der Waals surface area contributed by atoms with E-state index in [1.807, 2.05) is 6.07 Å². The Morgan fingerprint density at radius 1 is 1.28 bits per heavy atom. The zero-order valence-electron chi connectivity index (χ0n) is 14.5. The van der Waals surface area contributed by atoms with Gasteiger partial charge in [-0.2, -0.15) is 0 Å². The second-order valence-electron chi connectivity index (χ2n) is 8.10. The highest BCUT2D eigenvalue weighted by Crippen LogP contribution is 2.69. The molecule has 3 N–H and O–H groups in total. The number of phenols is 1. The second kappa shape index (κ2) is 4.98. The topological polar surface area (TPSA) is 82.3 Å². The molecule has 134 valence electrons. The highest BCUT2D eigenvalue weighted by Gasteiger charge is 2.84. The minimum atomic E-state index is -1.04. The summed E-state index contributed by atoms with van der Waals surface area (Å²) < 4.78 is 6.04. The summed E-state index contributed by atoms with van der Waals surface area (Å²) in [5.74, 6) is 1.13. The number of aliphatic hydroxyl groups excluding tert-OH is 1. The van der Waals surface area contributed by atoms with Gasteiger partial charge in [0.15, 0.2) is 11.5 Å². The number of hydrogen-bond donors (Lipinski definition) is 3. The zero-order chi connectivity index (χ0) is 17.4. The van der Waals surface area contributed by atoms with Crippen molar-refractivity contribution in [1.29, 1.82) is 0 Å². The van der Waals surface area contributed by atoms with Crippen LogP contribution in [0.2, 0.25) is 0 Å². The Morgan fingerprint density at radius 3 is 2.76 bits per heavy atom. The molecule has 25 heavy (non-hydrogen) atoms. The van der Waals surface area contributed by atoms with Crippen LogP contribution in [0.15, 0.2) is 17.1 Å². The van der Waals surface area contributed by atoms with Crippen molar-refractivity contribution in [3.05, 3.63) is 23.3 Å². The Labute approximate surface area is 147 Å². The van der Waals surface area contributed by atoms with E-state index in [0.29, 0.717) is 24.5 Å². The van der Waals surface area contributed by atoms with Crippen molar-refractivity contribution in [3.63, 3.8) is 0 Å². The van der Waals surface area contributed by atoms with Gasteiger partial charge in [0.1, 0.15) is 17.1 Å². The quantitative estimate of drug-likeness (QED) is 0.785. The van der Waals surface area contributed by atoms with Crippen molar-refractivity contribution < 1.29 is 20.1 Å². The third kappa shape index (κ3) is 1.73. The Balaban J connectivity index is 1.67. The van der Waals surface area contributed by atoms with Gasteiger partial charge in [-0.25, -0.2) is 0 Å². The highest BCUT2D eigenvalue weighted by atomic mass is 16.5. The Kier molecular flexibility index (Phi) is 3.12. The Morgan fingerprint density at radius 2 is 2.08 bits per heavy atom. The molecule has 5 rings (SSSR count). The van der Waals surface area contributed by atoms with Crippen molar-refractivity contribution >= 4 is 5.71 Å². The SMILES string of the molecule is CCc1ccc(O)c2c1C13/C(=N\CC4CCC4)C1(O)CCC(O)[C@@H]3O2. The average molecular weight is 343 g/mol. The number of benzene rings is 1. The highest BCUT2D eigenvalue weighted by molar-refractivity contribution is 6.22. The summed E-state index contributed by atoms with van der Waals surface area (Å²) in [6.07, 6.45) is 4.24. The van der Waals surface area contributed by atoms with E-state index in [1.54, 1.807) is 6.07 Å². The van der Waals surface area contributed by atoms with Gasteiger partial charge in [-0.05, 0) is 49.7 Å². The third-order valence-corrected chi connectivity index (χ3v) is 6.91. The van der Waals surface area contributed by atoms with Gasteiger partial charge in [-0.3, -0.25) is 4.99 Å². The number of rotatable bonds is 3. The van der Waals surface area contributed by atoms with Crippen LogP contribution in [0.4, 0.5) is 0 Å². The molecule has 0 bridgehead atoms. The first-order valence-corrected chi connectivity index (χ1v) is 9.51. The average Bonchev–Trinajstić information content (AvgIpc) is 2.90. The number of nitrogens with zero attached hydrogens (tertiary/aromatic N) is 1. The molecule has 1 aromatic rings. The van der Waals surface area contributed by atoms with E-state index in [-0.39, 0.29) is 5.75 Å². The summed E-state index contributed by atoms with van der Waals surface area (Å²) in [7, 11) is 0. The molecule has 3 fully saturated rings. The molecule has 1 spiro atoms. The summed E-state index contributed by atoms with van der Waals surface area (Å²) >= 11 is 0. The van der Waals surface area contributed by atoms with Gasteiger partial charge >= 0.3 is 0 Å². The molecular formula is C20H25NO4. The maximum Gasteiger partial charge on any atom is 0.166 e. The molecule has 0 amide bonds. The van der Waals surface area contributed by atoms with Crippen LogP contribution in [0.1, 0.15) is 50.2 Å². The normalized spacial score (nSPS) is 40.0. The van der Waals surface area contributed by atoms with Crippen LogP contribution in [0.3, 0.4) is 0 Å².